The van der Waals surface area contributed by atoms with Crippen molar-refractivity contribution < 1.29 is 33.7 Å². The SMILES string of the molecule is COC(=O)C1=C(C)N(c2ccc(C(=O)O)cc2)C(=O)N[C@H]1c1cccc(OC)c1OC. The van der Waals surface area contributed by atoms with Crippen molar-refractivity contribution in [2.24, 2.45) is 0 Å². The number of carboxylic acids is 1. The largest absolute Gasteiger partial charge is 0.493 e. The molecule has 1 atom stereocenters. The minimum absolute atomic E-state index is 0.0787. The molecule has 0 aliphatic carbocycles. The average Bonchev–Trinajstić information content (AvgIpc) is 2.77. The molecule has 9 heteroatoms. The van der Waals surface area contributed by atoms with Crippen LogP contribution in [0.4, 0.5) is 10.5 Å². The molecule has 0 unspecified atom stereocenters. The van der Waals surface area contributed by atoms with E-state index in [1.165, 1.54) is 50.5 Å². The molecule has 1 aliphatic heterocycles. The van der Waals surface area contributed by atoms with Crippen LogP contribution in [0.5, 0.6) is 11.5 Å². The number of rotatable bonds is 6. The zero-order chi connectivity index (χ0) is 22.7. The molecule has 0 bridgehead atoms. The average molecular weight is 426 g/mol. The molecule has 0 radical (unpaired) electrons. The molecule has 2 N–H and O–H groups in total. The smallest absolute Gasteiger partial charge is 0.337 e. The molecule has 2 aromatic carbocycles. The van der Waals surface area contributed by atoms with E-state index in [4.69, 9.17) is 19.3 Å². The summed E-state index contributed by atoms with van der Waals surface area (Å²) < 4.78 is 15.8. The van der Waals surface area contributed by atoms with Crippen LogP contribution in [0.2, 0.25) is 0 Å². The van der Waals surface area contributed by atoms with Crippen molar-refractivity contribution in [3.05, 3.63) is 64.9 Å². The Balaban J connectivity index is 2.16. The quantitative estimate of drug-likeness (QED) is 0.682. The fraction of sp³-hybridized carbons (Fsp3) is 0.227. The summed E-state index contributed by atoms with van der Waals surface area (Å²) in [6.07, 6.45) is 0. The second-order valence-electron chi connectivity index (χ2n) is 6.64. The number of hydrogen-bond acceptors (Lipinski definition) is 6. The molecule has 0 aromatic heterocycles. The number of benzene rings is 2. The number of carbonyl (C=O) groups excluding carboxylic acids is 2. The van der Waals surface area contributed by atoms with Crippen LogP contribution >= 0.6 is 0 Å². The summed E-state index contributed by atoms with van der Waals surface area (Å²) in [6.45, 7) is 1.62. The lowest BCUT2D eigenvalue weighted by Crippen LogP contribution is -2.48. The zero-order valence-electron chi connectivity index (χ0n) is 17.5. The van der Waals surface area contributed by atoms with Gasteiger partial charge in [0.15, 0.2) is 11.5 Å². The number of nitrogens with one attached hydrogen (secondary N) is 1. The first-order chi connectivity index (χ1) is 14.8. The van der Waals surface area contributed by atoms with E-state index in [0.29, 0.717) is 28.4 Å². The summed E-state index contributed by atoms with van der Waals surface area (Å²) >= 11 is 0. The van der Waals surface area contributed by atoms with E-state index in [2.05, 4.69) is 5.32 Å². The number of para-hydroxylation sites is 1. The second-order valence-corrected chi connectivity index (χ2v) is 6.64. The summed E-state index contributed by atoms with van der Waals surface area (Å²) in [7, 11) is 4.22. The highest BCUT2D eigenvalue weighted by Crippen LogP contribution is 2.41. The maximum atomic E-state index is 13.1. The molecule has 2 amide bonds. The first kappa shape index (κ1) is 21.7. The van der Waals surface area contributed by atoms with Gasteiger partial charge in [-0.05, 0) is 37.3 Å². The van der Waals surface area contributed by atoms with Crippen molar-refractivity contribution in [2.45, 2.75) is 13.0 Å². The Kier molecular flexibility index (Phi) is 6.15. The maximum Gasteiger partial charge on any atom is 0.337 e. The van der Waals surface area contributed by atoms with Gasteiger partial charge < -0.3 is 24.6 Å². The van der Waals surface area contributed by atoms with Gasteiger partial charge in [-0.25, -0.2) is 14.4 Å². The highest BCUT2D eigenvalue weighted by Gasteiger charge is 2.38. The standard InChI is InChI=1S/C22H22N2O7/c1-12-17(21(27)31-4)18(15-6-5-7-16(29-2)19(15)30-3)23-22(28)24(12)14-10-8-13(9-11-14)20(25)26/h5-11,18H,1-4H3,(H,23,28)(H,25,26)/t18-/m0/s1. The van der Waals surface area contributed by atoms with Crippen molar-refractivity contribution >= 4 is 23.7 Å². The Morgan fingerprint density at radius 3 is 2.26 bits per heavy atom. The molecular formula is C22H22N2O7. The lowest BCUT2D eigenvalue weighted by Gasteiger charge is -2.35. The van der Waals surface area contributed by atoms with Gasteiger partial charge in [0.1, 0.15) is 0 Å². The van der Waals surface area contributed by atoms with Gasteiger partial charge in [-0.15, -0.1) is 0 Å². The van der Waals surface area contributed by atoms with E-state index in [1.54, 1.807) is 25.1 Å². The van der Waals surface area contributed by atoms with E-state index in [-0.39, 0.29) is 11.1 Å². The maximum absolute atomic E-state index is 13.1. The van der Waals surface area contributed by atoms with Crippen molar-refractivity contribution in [2.75, 3.05) is 26.2 Å². The number of hydrogen-bond donors (Lipinski definition) is 2. The van der Waals surface area contributed by atoms with Gasteiger partial charge in [0.05, 0.1) is 44.2 Å². The number of carbonyl (C=O) groups is 3. The van der Waals surface area contributed by atoms with Crippen LogP contribution < -0.4 is 19.7 Å². The number of amides is 2. The Morgan fingerprint density at radius 2 is 1.71 bits per heavy atom. The van der Waals surface area contributed by atoms with Gasteiger partial charge in [-0.1, -0.05) is 12.1 Å². The Morgan fingerprint density at radius 1 is 1.03 bits per heavy atom. The topological polar surface area (TPSA) is 114 Å². The minimum atomic E-state index is -1.08. The van der Waals surface area contributed by atoms with Crippen LogP contribution in [0, 0.1) is 0 Å². The molecular weight excluding hydrogens is 404 g/mol. The van der Waals surface area contributed by atoms with Crippen molar-refractivity contribution in [3.8, 4) is 11.5 Å². The van der Waals surface area contributed by atoms with E-state index >= 15 is 0 Å². The van der Waals surface area contributed by atoms with E-state index in [1.807, 2.05) is 0 Å². The van der Waals surface area contributed by atoms with Gasteiger partial charge >= 0.3 is 18.0 Å². The third kappa shape index (κ3) is 3.89. The summed E-state index contributed by atoms with van der Waals surface area (Å²) in [5.74, 6) is -0.881. The fourth-order valence-corrected chi connectivity index (χ4v) is 3.55. The number of aromatic carboxylic acids is 1. The molecule has 0 saturated heterocycles. The Bertz CT molecular complexity index is 1060. The number of nitrogens with zero attached hydrogens (tertiary/aromatic N) is 1. The normalized spacial score (nSPS) is 15.9. The molecule has 1 heterocycles. The van der Waals surface area contributed by atoms with Crippen molar-refractivity contribution in [1.29, 1.82) is 0 Å². The number of anilines is 1. The van der Waals surface area contributed by atoms with Crippen molar-refractivity contribution in [3.63, 3.8) is 0 Å². The number of urea groups is 1. The van der Waals surface area contributed by atoms with Gasteiger partial charge in [-0.2, -0.15) is 0 Å². The Labute approximate surface area is 178 Å². The molecule has 0 fully saturated rings. The number of ether oxygens (including phenoxy) is 3. The number of methoxy groups -OCH3 is 3. The minimum Gasteiger partial charge on any atom is -0.493 e. The highest BCUT2D eigenvalue weighted by atomic mass is 16.5. The summed E-state index contributed by atoms with van der Waals surface area (Å²) in [4.78, 5) is 38.2. The second kappa shape index (κ2) is 8.78. The first-order valence-electron chi connectivity index (χ1n) is 9.28. The summed E-state index contributed by atoms with van der Waals surface area (Å²) in [5, 5.41) is 11.9. The predicted molar refractivity (Wildman–Crippen MR) is 111 cm³/mol. The zero-order valence-corrected chi connectivity index (χ0v) is 17.5. The molecule has 3 rings (SSSR count). The molecule has 1 aliphatic rings. The van der Waals surface area contributed by atoms with Gasteiger partial charge in [-0.3, -0.25) is 4.90 Å². The van der Waals surface area contributed by atoms with E-state index in [0.717, 1.165) is 0 Å². The van der Waals surface area contributed by atoms with Crippen LogP contribution in [0.3, 0.4) is 0 Å². The number of esters is 1. The third-order valence-corrected chi connectivity index (χ3v) is 5.01. The van der Waals surface area contributed by atoms with Crippen LogP contribution in [-0.2, 0) is 9.53 Å². The predicted octanol–water partition coefficient (Wildman–Crippen LogP) is 3.12. The van der Waals surface area contributed by atoms with E-state index in [9.17, 15) is 14.4 Å². The van der Waals surface area contributed by atoms with E-state index < -0.39 is 24.0 Å². The molecule has 0 spiro atoms. The lowest BCUT2D eigenvalue weighted by molar-refractivity contribution is -0.136. The van der Waals surface area contributed by atoms with Crippen LogP contribution in [0.25, 0.3) is 0 Å². The Hall–Kier alpha value is -4.01. The lowest BCUT2D eigenvalue weighted by atomic mass is 9.93. The molecule has 31 heavy (non-hydrogen) atoms. The number of carboxylic acid groups (broad SMARTS) is 1. The number of allylic oxidation sites excluding steroid dienone is 1. The van der Waals surface area contributed by atoms with Crippen LogP contribution in [0.1, 0.15) is 28.9 Å². The highest BCUT2D eigenvalue weighted by molar-refractivity contribution is 6.03. The third-order valence-electron chi connectivity index (χ3n) is 5.01. The molecule has 9 nitrogen and oxygen atoms in total. The molecule has 0 saturated carbocycles. The van der Waals surface area contributed by atoms with Gasteiger partial charge in [0.2, 0.25) is 0 Å². The van der Waals surface area contributed by atoms with Crippen LogP contribution in [0.15, 0.2) is 53.7 Å². The molecule has 162 valence electrons. The monoisotopic (exact) mass is 426 g/mol. The fourth-order valence-electron chi connectivity index (χ4n) is 3.55. The van der Waals surface area contributed by atoms with Crippen LogP contribution in [-0.4, -0.2) is 44.4 Å². The van der Waals surface area contributed by atoms with Gasteiger partial charge in [0.25, 0.3) is 0 Å². The van der Waals surface area contributed by atoms with Gasteiger partial charge in [0, 0.05) is 11.3 Å². The summed E-state index contributed by atoms with van der Waals surface area (Å²) in [6, 6.07) is 9.56. The summed E-state index contributed by atoms with van der Waals surface area (Å²) in [5.41, 5.74) is 1.55. The molecule has 2 aromatic rings. The van der Waals surface area contributed by atoms with Crippen molar-refractivity contribution in [1.82, 2.24) is 5.32 Å². The first-order valence-corrected chi connectivity index (χ1v) is 9.28.